The molecule has 208 valence electrons. The van der Waals surface area contributed by atoms with Gasteiger partial charge in [0.05, 0.1) is 25.4 Å². The Balaban J connectivity index is 1.96. The van der Waals surface area contributed by atoms with Gasteiger partial charge in [0.15, 0.2) is 5.78 Å². The summed E-state index contributed by atoms with van der Waals surface area (Å²) in [6.07, 6.45) is 0. The number of ketones is 1. The third-order valence-electron chi connectivity index (χ3n) is 6.25. The van der Waals surface area contributed by atoms with Gasteiger partial charge in [-0.15, -0.1) is 5.10 Å². The molecule has 10 heteroatoms. The molecule has 0 spiro atoms. The molecule has 2 amide bonds. The molecule has 0 fully saturated rings. The van der Waals surface area contributed by atoms with Gasteiger partial charge in [0.25, 0.3) is 0 Å². The number of Topliss-reactive ketones (excluding diaryl/α,β-unsaturated/α-hetero) is 1. The molecule has 0 aliphatic rings. The van der Waals surface area contributed by atoms with Gasteiger partial charge in [-0.2, -0.15) is 0 Å². The fourth-order valence-corrected chi connectivity index (χ4v) is 4.53. The standard InChI is InChI=1S/C30H33N5O5/c1-19(36)21-11-7-9-13-24(21)35(27(37)18-34-25-14-10-8-12-23(25)32-33-34)28(29(38)31-30(2,3)4)22-17-20(39-5)15-16-26(22)40-6/h7-17,28H,18H2,1-6H3,(H,31,38)/t28-/m1/s1. The number of nitrogens with zero attached hydrogens (tertiary/aromatic N) is 4. The second kappa shape index (κ2) is 11.6. The smallest absolute Gasteiger partial charge is 0.249 e. The SMILES string of the molecule is COc1ccc(OC)c([C@H](C(=O)NC(C)(C)C)N(C(=O)Cn2nnc3ccccc32)c2ccccc2C(C)=O)c1. The molecule has 0 saturated carbocycles. The number of hydrogen-bond donors (Lipinski definition) is 1. The maximum Gasteiger partial charge on any atom is 0.249 e. The van der Waals surface area contributed by atoms with Crippen LogP contribution < -0.4 is 19.7 Å². The fourth-order valence-electron chi connectivity index (χ4n) is 4.53. The molecule has 1 heterocycles. The van der Waals surface area contributed by atoms with E-state index in [0.29, 0.717) is 28.1 Å². The first-order chi connectivity index (χ1) is 19.0. The first kappa shape index (κ1) is 28.3. The first-order valence-corrected chi connectivity index (χ1v) is 12.8. The van der Waals surface area contributed by atoms with E-state index in [1.54, 1.807) is 48.5 Å². The molecule has 4 rings (SSSR count). The highest BCUT2D eigenvalue weighted by Gasteiger charge is 2.38. The number of anilines is 1. The molecule has 0 aliphatic carbocycles. The van der Waals surface area contributed by atoms with Crippen molar-refractivity contribution in [3.8, 4) is 11.5 Å². The van der Waals surface area contributed by atoms with Gasteiger partial charge < -0.3 is 14.8 Å². The van der Waals surface area contributed by atoms with Crippen molar-refractivity contribution in [2.24, 2.45) is 0 Å². The van der Waals surface area contributed by atoms with Gasteiger partial charge in [-0.05, 0) is 70.2 Å². The van der Waals surface area contributed by atoms with Crippen molar-refractivity contribution in [3.05, 3.63) is 77.9 Å². The molecule has 1 N–H and O–H groups in total. The van der Waals surface area contributed by atoms with Gasteiger partial charge in [0.2, 0.25) is 11.8 Å². The number of carbonyl (C=O) groups is 3. The van der Waals surface area contributed by atoms with E-state index in [9.17, 15) is 14.4 Å². The Kier molecular flexibility index (Phi) is 8.18. The zero-order valence-electron chi connectivity index (χ0n) is 23.5. The molecule has 1 atom stereocenters. The van der Waals surface area contributed by atoms with Gasteiger partial charge in [-0.25, -0.2) is 4.68 Å². The number of para-hydroxylation sites is 2. The summed E-state index contributed by atoms with van der Waals surface area (Å²) in [6, 6.07) is 17.8. The molecule has 10 nitrogen and oxygen atoms in total. The first-order valence-electron chi connectivity index (χ1n) is 12.8. The summed E-state index contributed by atoms with van der Waals surface area (Å²) < 4.78 is 12.6. The molecule has 40 heavy (non-hydrogen) atoms. The van der Waals surface area contributed by atoms with Crippen molar-refractivity contribution in [1.82, 2.24) is 20.3 Å². The quantitative estimate of drug-likeness (QED) is 0.312. The number of nitrogens with one attached hydrogen (secondary N) is 1. The summed E-state index contributed by atoms with van der Waals surface area (Å²) in [4.78, 5) is 42.6. The molecule has 0 bridgehead atoms. The molecule has 0 unspecified atom stereocenters. The van der Waals surface area contributed by atoms with Crippen LogP contribution in [-0.4, -0.2) is 52.3 Å². The Hall–Kier alpha value is -4.73. The molecule has 0 saturated heterocycles. The number of amides is 2. The lowest BCUT2D eigenvalue weighted by Crippen LogP contribution is -2.50. The van der Waals surface area contributed by atoms with Crippen LogP contribution in [0.15, 0.2) is 66.7 Å². The van der Waals surface area contributed by atoms with Crippen LogP contribution in [0.25, 0.3) is 11.0 Å². The van der Waals surface area contributed by atoms with Gasteiger partial charge in [-0.1, -0.05) is 29.5 Å². The maximum absolute atomic E-state index is 14.3. The zero-order chi connectivity index (χ0) is 29.0. The Morgan fingerprint density at radius 3 is 2.35 bits per heavy atom. The average molecular weight is 544 g/mol. The summed E-state index contributed by atoms with van der Waals surface area (Å²) in [7, 11) is 3.00. The lowest BCUT2D eigenvalue weighted by atomic mass is 9.98. The van der Waals surface area contributed by atoms with Gasteiger partial charge in [0.1, 0.15) is 29.6 Å². The van der Waals surface area contributed by atoms with Gasteiger partial charge >= 0.3 is 0 Å². The van der Waals surface area contributed by atoms with Crippen molar-refractivity contribution in [2.75, 3.05) is 19.1 Å². The third kappa shape index (κ3) is 5.96. The largest absolute Gasteiger partial charge is 0.497 e. The van der Waals surface area contributed by atoms with Crippen molar-refractivity contribution in [3.63, 3.8) is 0 Å². The average Bonchev–Trinajstić information content (AvgIpc) is 3.32. The second-order valence-electron chi connectivity index (χ2n) is 10.3. The minimum atomic E-state index is -1.23. The van der Waals surface area contributed by atoms with E-state index in [4.69, 9.17) is 9.47 Å². The Morgan fingerprint density at radius 2 is 1.68 bits per heavy atom. The van der Waals surface area contributed by atoms with E-state index < -0.39 is 23.4 Å². The predicted molar refractivity (Wildman–Crippen MR) is 152 cm³/mol. The van der Waals surface area contributed by atoms with Crippen LogP contribution in [0, 0.1) is 0 Å². The van der Waals surface area contributed by atoms with Crippen LogP contribution in [-0.2, 0) is 16.1 Å². The van der Waals surface area contributed by atoms with Gasteiger partial charge in [0, 0.05) is 16.7 Å². The van der Waals surface area contributed by atoms with E-state index in [1.165, 1.54) is 30.7 Å². The van der Waals surface area contributed by atoms with Crippen LogP contribution in [0.4, 0.5) is 5.69 Å². The normalized spacial score (nSPS) is 12.1. The predicted octanol–water partition coefficient (Wildman–Crippen LogP) is 4.34. The summed E-state index contributed by atoms with van der Waals surface area (Å²) in [5.41, 5.74) is 1.61. The van der Waals surface area contributed by atoms with Crippen LogP contribution >= 0.6 is 0 Å². The fraction of sp³-hybridized carbons (Fsp3) is 0.300. The highest BCUT2D eigenvalue weighted by Crippen LogP contribution is 2.38. The minimum Gasteiger partial charge on any atom is -0.497 e. The molecular weight excluding hydrogens is 510 g/mol. The summed E-state index contributed by atoms with van der Waals surface area (Å²) in [6.45, 7) is 6.73. The number of benzene rings is 3. The molecule has 1 aromatic heterocycles. The summed E-state index contributed by atoms with van der Waals surface area (Å²) in [5.74, 6) is -0.359. The van der Waals surface area contributed by atoms with Gasteiger partial charge in [-0.3, -0.25) is 19.3 Å². The number of carbonyl (C=O) groups excluding carboxylic acids is 3. The molecule has 3 aromatic carbocycles. The maximum atomic E-state index is 14.3. The third-order valence-corrected chi connectivity index (χ3v) is 6.25. The van der Waals surface area contributed by atoms with Crippen LogP contribution in [0.1, 0.15) is 49.7 Å². The second-order valence-corrected chi connectivity index (χ2v) is 10.3. The minimum absolute atomic E-state index is 0.238. The topological polar surface area (TPSA) is 116 Å². The molecule has 0 radical (unpaired) electrons. The van der Waals surface area contributed by atoms with E-state index in [2.05, 4.69) is 15.6 Å². The summed E-state index contributed by atoms with van der Waals surface area (Å²) >= 11 is 0. The highest BCUT2D eigenvalue weighted by molar-refractivity contribution is 6.08. The van der Waals surface area contributed by atoms with Crippen molar-refractivity contribution in [2.45, 2.75) is 45.8 Å². The van der Waals surface area contributed by atoms with E-state index in [-0.39, 0.29) is 23.6 Å². The van der Waals surface area contributed by atoms with E-state index >= 15 is 0 Å². The van der Waals surface area contributed by atoms with Crippen LogP contribution in [0.2, 0.25) is 0 Å². The Bertz CT molecular complexity index is 1560. The number of rotatable bonds is 9. The zero-order valence-corrected chi connectivity index (χ0v) is 23.5. The van der Waals surface area contributed by atoms with E-state index in [0.717, 1.165) is 0 Å². The molecule has 0 aliphatic heterocycles. The van der Waals surface area contributed by atoms with E-state index in [1.807, 2.05) is 39.0 Å². The van der Waals surface area contributed by atoms with Crippen LogP contribution in [0.5, 0.6) is 11.5 Å². The monoisotopic (exact) mass is 543 g/mol. The lowest BCUT2D eigenvalue weighted by molar-refractivity contribution is -0.128. The molecule has 4 aromatic rings. The highest BCUT2D eigenvalue weighted by atomic mass is 16.5. The Morgan fingerprint density at radius 1 is 0.975 bits per heavy atom. The number of ether oxygens (including phenoxy) is 2. The Labute approximate surface area is 232 Å². The van der Waals surface area contributed by atoms with Crippen molar-refractivity contribution in [1.29, 1.82) is 0 Å². The molecular formula is C30H33N5O5. The lowest BCUT2D eigenvalue weighted by Gasteiger charge is -2.35. The van der Waals surface area contributed by atoms with Crippen LogP contribution in [0.3, 0.4) is 0 Å². The van der Waals surface area contributed by atoms with Crippen molar-refractivity contribution >= 4 is 34.3 Å². The number of aromatic nitrogens is 3. The number of fused-ring (bicyclic) bond motifs is 1. The number of methoxy groups -OCH3 is 2. The number of hydrogen-bond acceptors (Lipinski definition) is 7. The summed E-state index contributed by atoms with van der Waals surface area (Å²) in [5, 5.41) is 11.3. The van der Waals surface area contributed by atoms with Crippen molar-refractivity contribution < 1.29 is 23.9 Å².